The van der Waals surface area contributed by atoms with Crippen molar-refractivity contribution in [1.82, 2.24) is 5.32 Å². The molecule has 1 saturated carbocycles. The molecule has 0 aromatic heterocycles. The summed E-state index contributed by atoms with van der Waals surface area (Å²) in [5.41, 5.74) is 1.21. The standard InChI is InChI=1S/C20H30N2O2/c1-4-13-24-18-11-9-17(10-12-18)14-22(3)15-20(23)21-19-8-6-5-7-16(19)2/h4,9-12,16,19H,1,5-8,13-15H2,2-3H3,(H,21,23)/p+1/t16-,19+/m1/s1. The van der Waals surface area contributed by atoms with Gasteiger partial charge in [-0.3, -0.25) is 4.79 Å². The van der Waals surface area contributed by atoms with Gasteiger partial charge < -0.3 is 15.0 Å². The van der Waals surface area contributed by atoms with Gasteiger partial charge in [0.1, 0.15) is 18.9 Å². The number of rotatable bonds is 8. The Morgan fingerprint density at radius 1 is 1.33 bits per heavy atom. The molecule has 2 rings (SSSR count). The van der Waals surface area contributed by atoms with Crippen molar-refractivity contribution < 1.29 is 14.4 Å². The van der Waals surface area contributed by atoms with Crippen LogP contribution in [0.4, 0.5) is 0 Å². The van der Waals surface area contributed by atoms with Crippen molar-refractivity contribution in [2.75, 3.05) is 20.2 Å². The highest BCUT2D eigenvalue weighted by Crippen LogP contribution is 2.23. The van der Waals surface area contributed by atoms with Crippen LogP contribution in [-0.4, -0.2) is 32.1 Å². The molecule has 3 atom stereocenters. The van der Waals surface area contributed by atoms with E-state index in [4.69, 9.17) is 4.74 Å². The lowest BCUT2D eigenvalue weighted by Gasteiger charge is -2.29. The fourth-order valence-electron chi connectivity index (χ4n) is 3.33. The Balaban J connectivity index is 1.76. The van der Waals surface area contributed by atoms with Crippen LogP contribution in [0.3, 0.4) is 0 Å². The van der Waals surface area contributed by atoms with Crippen LogP contribution in [0.5, 0.6) is 5.75 Å². The third-order valence-corrected chi connectivity index (χ3v) is 4.72. The normalized spacial score (nSPS) is 21.8. The Kier molecular flexibility index (Phi) is 7.32. The van der Waals surface area contributed by atoms with Crippen LogP contribution in [0, 0.1) is 5.92 Å². The second-order valence-electron chi connectivity index (χ2n) is 6.99. The predicted molar refractivity (Wildman–Crippen MR) is 97.2 cm³/mol. The summed E-state index contributed by atoms with van der Waals surface area (Å²) in [7, 11) is 2.06. The van der Waals surface area contributed by atoms with Gasteiger partial charge in [-0.2, -0.15) is 0 Å². The van der Waals surface area contributed by atoms with Crippen LogP contribution < -0.4 is 15.0 Å². The van der Waals surface area contributed by atoms with E-state index in [1.54, 1.807) is 6.08 Å². The quantitative estimate of drug-likeness (QED) is 0.715. The fourth-order valence-corrected chi connectivity index (χ4v) is 3.33. The van der Waals surface area contributed by atoms with Crippen molar-refractivity contribution in [2.45, 2.75) is 45.2 Å². The van der Waals surface area contributed by atoms with Crippen molar-refractivity contribution in [2.24, 2.45) is 5.92 Å². The van der Waals surface area contributed by atoms with Gasteiger partial charge >= 0.3 is 0 Å². The number of quaternary nitrogens is 1. The molecule has 0 saturated heterocycles. The van der Waals surface area contributed by atoms with E-state index in [9.17, 15) is 4.79 Å². The van der Waals surface area contributed by atoms with Crippen molar-refractivity contribution >= 4 is 5.91 Å². The summed E-state index contributed by atoms with van der Waals surface area (Å²) in [4.78, 5) is 13.5. The zero-order valence-corrected chi connectivity index (χ0v) is 15.0. The van der Waals surface area contributed by atoms with E-state index in [0.29, 0.717) is 25.1 Å². The van der Waals surface area contributed by atoms with Gasteiger partial charge in [0.25, 0.3) is 5.91 Å². The summed E-state index contributed by atoms with van der Waals surface area (Å²) < 4.78 is 5.49. The molecule has 1 aromatic rings. The van der Waals surface area contributed by atoms with E-state index in [-0.39, 0.29) is 5.91 Å². The molecule has 1 unspecified atom stereocenters. The van der Waals surface area contributed by atoms with Crippen LogP contribution in [0.2, 0.25) is 0 Å². The summed E-state index contributed by atoms with van der Waals surface area (Å²) in [5, 5.41) is 3.23. The van der Waals surface area contributed by atoms with Crippen molar-refractivity contribution in [1.29, 1.82) is 0 Å². The Morgan fingerprint density at radius 3 is 2.71 bits per heavy atom. The Hall–Kier alpha value is -1.81. The van der Waals surface area contributed by atoms with Gasteiger partial charge in [-0.15, -0.1) is 0 Å². The lowest BCUT2D eigenvalue weighted by atomic mass is 9.86. The largest absolute Gasteiger partial charge is 0.490 e. The van der Waals surface area contributed by atoms with Crippen molar-refractivity contribution in [3.8, 4) is 5.75 Å². The monoisotopic (exact) mass is 331 g/mol. The zero-order chi connectivity index (χ0) is 17.4. The summed E-state index contributed by atoms with van der Waals surface area (Å²) in [6, 6.07) is 8.41. The van der Waals surface area contributed by atoms with E-state index in [1.807, 2.05) is 12.1 Å². The topological polar surface area (TPSA) is 42.8 Å². The van der Waals surface area contributed by atoms with Gasteiger partial charge in [-0.1, -0.05) is 32.4 Å². The van der Waals surface area contributed by atoms with Gasteiger partial charge in [-0.25, -0.2) is 0 Å². The number of hydrogen-bond donors (Lipinski definition) is 2. The Labute approximate surface area is 145 Å². The smallest absolute Gasteiger partial charge is 0.275 e. The Morgan fingerprint density at radius 2 is 2.04 bits per heavy atom. The molecule has 4 heteroatoms. The lowest BCUT2D eigenvalue weighted by Crippen LogP contribution is -3.09. The van der Waals surface area contributed by atoms with Crippen LogP contribution in [0.1, 0.15) is 38.2 Å². The molecule has 1 aliphatic carbocycles. The van der Waals surface area contributed by atoms with Gasteiger partial charge in [0.05, 0.1) is 7.05 Å². The van der Waals surface area contributed by atoms with E-state index in [0.717, 1.165) is 18.7 Å². The third-order valence-electron chi connectivity index (χ3n) is 4.72. The van der Waals surface area contributed by atoms with Gasteiger partial charge in [0.15, 0.2) is 6.54 Å². The molecular formula is C20H31N2O2+. The molecule has 1 aromatic carbocycles. The maximum atomic E-state index is 12.3. The molecule has 4 nitrogen and oxygen atoms in total. The second-order valence-corrected chi connectivity index (χ2v) is 6.99. The third kappa shape index (κ3) is 6.00. The minimum atomic E-state index is 0.164. The maximum absolute atomic E-state index is 12.3. The molecule has 2 N–H and O–H groups in total. The molecule has 0 heterocycles. The lowest BCUT2D eigenvalue weighted by molar-refractivity contribution is -0.885. The molecule has 0 spiro atoms. The minimum absolute atomic E-state index is 0.164. The van der Waals surface area contributed by atoms with E-state index in [1.165, 1.54) is 29.7 Å². The van der Waals surface area contributed by atoms with E-state index < -0.39 is 0 Å². The van der Waals surface area contributed by atoms with E-state index >= 15 is 0 Å². The number of carbonyl (C=O) groups is 1. The SMILES string of the molecule is C=CCOc1ccc(C[NH+](C)CC(=O)N[C@H]2CCCC[C@H]2C)cc1. The number of nitrogens with one attached hydrogen (secondary N) is 2. The van der Waals surface area contributed by atoms with E-state index in [2.05, 4.69) is 38.0 Å². The number of likely N-dealkylation sites (N-methyl/N-ethyl adjacent to an activating group) is 1. The van der Waals surface area contributed by atoms with Gasteiger partial charge in [-0.05, 0) is 43.0 Å². The summed E-state index contributed by atoms with van der Waals surface area (Å²) >= 11 is 0. The van der Waals surface area contributed by atoms with Gasteiger partial charge in [0, 0.05) is 11.6 Å². The van der Waals surface area contributed by atoms with Crippen LogP contribution in [0.25, 0.3) is 0 Å². The van der Waals surface area contributed by atoms with Crippen LogP contribution >= 0.6 is 0 Å². The molecule has 0 bridgehead atoms. The summed E-state index contributed by atoms with van der Waals surface area (Å²) in [5.74, 6) is 1.61. The second kappa shape index (κ2) is 9.48. The first kappa shape index (κ1) is 18.5. The molecule has 24 heavy (non-hydrogen) atoms. The van der Waals surface area contributed by atoms with Crippen LogP contribution in [0.15, 0.2) is 36.9 Å². The fraction of sp³-hybridized carbons (Fsp3) is 0.550. The molecule has 1 fully saturated rings. The van der Waals surface area contributed by atoms with Crippen molar-refractivity contribution in [3.05, 3.63) is 42.5 Å². The maximum Gasteiger partial charge on any atom is 0.275 e. The zero-order valence-electron chi connectivity index (χ0n) is 15.0. The molecule has 1 aliphatic rings. The Bertz CT molecular complexity index is 527. The highest BCUT2D eigenvalue weighted by molar-refractivity contribution is 5.77. The number of amides is 1. The highest BCUT2D eigenvalue weighted by atomic mass is 16.5. The van der Waals surface area contributed by atoms with Gasteiger partial charge in [0.2, 0.25) is 0 Å². The molecule has 0 aliphatic heterocycles. The average molecular weight is 331 g/mol. The molecule has 1 amide bonds. The number of carbonyl (C=O) groups excluding carboxylic acids is 1. The molecular weight excluding hydrogens is 300 g/mol. The first-order chi connectivity index (χ1) is 11.6. The van der Waals surface area contributed by atoms with Crippen LogP contribution in [-0.2, 0) is 11.3 Å². The molecule has 0 radical (unpaired) electrons. The number of hydrogen-bond acceptors (Lipinski definition) is 2. The summed E-state index contributed by atoms with van der Waals surface area (Å²) in [6.07, 6.45) is 6.62. The minimum Gasteiger partial charge on any atom is -0.490 e. The number of benzene rings is 1. The predicted octanol–water partition coefficient (Wildman–Crippen LogP) is 1.96. The summed E-state index contributed by atoms with van der Waals surface area (Å²) in [6.45, 7) is 7.75. The first-order valence-electron chi connectivity index (χ1n) is 9.01. The molecule has 132 valence electrons. The first-order valence-corrected chi connectivity index (χ1v) is 9.01. The average Bonchev–Trinajstić information content (AvgIpc) is 2.56. The number of ether oxygens (including phenoxy) is 1. The van der Waals surface area contributed by atoms with Crippen molar-refractivity contribution in [3.63, 3.8) is 0 Å². The highest BCUT2D eigenvalue weighted by Gasteiger charge is 2.23.